The molecule has 1 amide bonds. The number of nitrogens with zero attached hydrogens (tertiary/aromatic N) is 2. The molecular formula is C15H28N2O4. The van der Waals surface area contributed by atoms with Crippen LogP contribution in [0.4, 0.5) is 0 Å². The largest absolute Gasteiger partial charge is 0.481 e. The first kappa shape index (κ1) is 17.9. The Kier molecular flexibility index (Phi) is 8.30. The zero-order valence-electron chi connectivity index (χ0n) is 13.2. The van der Waals surface area contributed by atoms with E-state index in [2.05, 4.69) is 18.7 Å². The van der Waals surface area contributed by atoms with E-state index in [-0.39, 0.29) is 25.0 Å². The monoisotopic (exact) mass is 300 g/mol. The van der Waals surface area contributed by atoms with Crippen molar-refractivity contribution in [3.8, 4) is 0 Å². The topological polar surface area (TPSA) is 70.1 Å². The molecule has 0 spiro atoms. The lowest BCUT2D eigenvalue weighted by Crippen LogP contribution is -2.41. The fourth-order valence-electron chi connectivity index (χ4n) is 2.56. The summed E-state index contributed by atoms with van der Waals surface area (Å²) in [5.74, 6) is -0.919. The van der Waals surface area contributed by atoms with Crippen molar-refractivity contribution in [3.63, 3.8) is 0 Å². The van der Waals surface area contributed by atoms with E-state index in [0.717, 1.165) is 38.9 Å². The fourth-order valence-corrected chi connectivity index (χ4v) is 2.56. The van der Waals surface area contributed by atoms with Crippen LogP contribution >= 0.6 is 0 Å². The molecule has 21 heavy (non-hydrogen) atoms. The normalized spacial score (nSPS) is 18.1. The van der Waals surface area contributed by atoms with Crippen LogP contribution in [-0.2, 0) is 14.3 Å². The Morgan fingerprint density at radius 1 is 1.19 bits per heavy atom. The number of carboxylic acids is 1. The van der Waals surface area contributed by atoms with Crippen LogP contribution in [0.25, 0.3) is 0 Å². The third-order valence-corrected chi connectivity index (χ3v) is 3.91. The molecule has 0 aromatic heterocycles. The SMILES string of the molecule is CCN(CC)CCCN(CCC(=O)O)C(=O)C1CCCO1. The van der Waals surface area contributed by atoms with Crippen molar-refractivity contribution in [3.05, 3.63) is 0 Å². The summed E-state index contributed by atoms with van der Waals surface area (Å²) in [6, 6.07) is 0. The first-order chi connectivity index (χ1) is 10.1. The highest BCUT2D eigenvalue weighted by Gasteiger charge is 2.28. The number of rotatable bonds is 10. The molecule has 122 valence electrons. The lowest BCUT2D eigenvalue weighted by atomic mass is 10.2. The van der Waals surface area contributed by atoms with Gasteiger partial charge in [-0.3, -0.25) is 9.59 Å². The molecule has 1 saturated heterocycles. The second kappa shape index (κ2) is 9.73. The van der Waals surface area contributed by atoms with Gasteiger partial charge in [0.15, 0.2) is 0 Å². The highest BCUT2D eigenvalue weighted by molar-refractivity contribution is 5.81. The molecule has 0 saturated carbocycles. The van der Waals surface area contributed by atoms with Gasteiger partial charge in [0.05, 0.1) is 6.42 Å². The van der Waals surface area contributed by atoms with Crippen LogP contribution in [0, 0.1) is 0 Å². The van der Waals surface area contributed by atoms with Crippen LogP contribution in [0.5, 0.6) is 0 Å². The average Bonchev–Trinajstić information content (AvgIpc) is 3.00. The highest BCUT2D eigenvalue weighted by Crippen LogP contribution is 2.15. The Bertz CT molecular complexity index is 326. The van der Waals surface area contributed by atoms with Gasteiger partial charge >= 0.3 is 5.97 Å². The molecule has 1 aliphatic heterocycles. The predicted octanol–water partition coefficient (Wildman–Crippen LogP) is 1.20. The molecule has 0 aromatic rings. The Morgan fingerprint density at radius 2 is 1.90 bits per heavy atom. The maximum Gasteiger partial charge on any atom is 0.305 e. The minimum Gasteiger partial charge on any atom is -0.481 e. The molecular weight excluding hydrogens is 272 g/mol. The Morgan fingerprint density at radius 3 is 2.43 bits per heavy atom. The van der Waals surface area contributed by atoms with Crippen LogP contribution in [0.15, 0.2) is 0 Å². The van der Waals surface area contributed by atoms with Crippen molar-refractivity contribution in [2.24, 2.45) is 0 Å². The van der Waals surface area contributed by atoms with Crippen molar-refractivity contribution >= 4 is 11.9 Å². The first-order valence-electron chi connectivity index (χ1n) is 7.93. The molecule has 1 aliphatic rings. The molecule has 1 N–H and O–H groups in total. The van der Waals surface area contributed by atoms with Gasteiger partial charge in [0.2, 0.25) is 0 Å². The molecule has 0 radical (unpaired) electrons. The van der Waals surface area contributed by atoms with E-state index in [4.69, 9.17) is 9.84 Å². The van der Waals surface area contributed by atoms with Crippen molar-refractivity contribution < 1.29 is 19.4 Å². The quantitative estimate of drug-likeness (QED) is 0.656. The molecule has 1 fully saturated rings. The van der Waals surface area contributed by atoms with Gasteiger partial charge < -0.3 is 19.6 Å². The Balaban J connectivity index is 2.46. The molecule has 1 rings (SSSR count). The van der Waals surface area contributed by atoms with E-state index in [0.29, 0.717) is 13.2 Å². The third-order valence-electron chi connectivity index (χ3n) is 3.91. The van der Waals surface area contributed by atoms with E-state index in [9.17, 15) is 9.59 Å². The number of carbonyl (C=O) groups excluding carboxylic acids is 1. The summed E-state index contributed by atoms with van der Waals surface area (Å²) >= 11 is 0. The van der Waals surface area contributed by atoms with Crippen LogP contribution in [0.3, 0.4) is 0 Å². The number of aliphatic carboxylic acids is 1. The van der Waals surface area contributed by atoms with Gasteiger partial charge in [-0.05, 0) is 38.9 Å². The van der Waals surface area contributed by atoms with E-state index < -0.39 is 5.97 Å². The molecule has 0 bridgehead atoms. The van der Waals surface area contributed by atoms with Crippen LogP contribution in [0.2, 0.25) is 0 Å². The van der Waals surface area contributed by atoms with Gasteiger partial charge in [-0.2, -0.15) is 0 Å². The molecule has 6 nitrogen and oxygen atoms in total. The Labute approximate surface area is 127 Å². The van der Waals surface area contributed by atoms with Crippen molar-refractivity contribution in [1.82, 2.24) is 9.80 Å². The lowest BCUT2D eigenvalue weighted by Gasteiger charge is -2.26. The maximum atomic E-state index is 12.4. The predicted molar refractivity (Wildman–Crippen MR) is 80.2 cm³/mol. The van der Waals surface area contributed by atoms with Crippen LogP contribution in [0.1, 0.15) is 39.5 Å². The number of carbonyl (C=O) groups is 2. The third kappa shape index (κ3) is 6.44. The second-order valence-corrected chi connectivity index (χ2v) is 5.35. The average molecular weight is 300 g/mol. The lowest BCUT2D eigenvalue weighted by molar-refractivity contribution is -0.143. The van der Waals surface area contributed by atoms with E-state index in [1.807, 2.05) is 0 Å². The summed E-state index contributed by atoms with van der Waals surface area (Å²) in [6.45, 7) is 8.63. The number of carboxylic acid groups (broad SMARTS) is 1. The summed E-state index contributed by atoms with van der Waals surface area (Å²) in [5.41, 5.74) is 0. The zero-order valence-corrected chi connectivity index (χ0v) is 13.2. The van der Waals surface area contributed by atoms with E-state index in [1.54, 1.807) is 4.90 Å². The summed E-state index contributed by atoms with van der Waals surface area (Å²) in [7, 11) is 0. The van der Waals surface area contributed by atoms with Crippen molar-refractivity contribution in [2.75, 3.05) is 39.3 Å². The van der Waals surface area contributed by atoms with Gasteiger partial charge in [-0.1, -0.05) is 13.8 Å². The summed E-state index contributed by atoms with van der Waals surface area (Å²) in [5, 5.41) is 8.82. The highest BCUT2D eigenvalue weighted by atomic mass is 16.5. The number of amides is 1. The van der Waals surface area contributed by atoms with Gasteiger partial charge in [-0.15, -0.1) is 0 Å². The first-order valence-corrected chi connectivity index (χ1v) is 7.93. The zero-order chi connectivity index (χ0) is 15.7. The van der Waals surface area contributed by atoms with Crippen LogP contribution < -0.4 is 0 Å². The molecule has 1 unspecified atom stereocenters. The molecule has 0 aromatic carbocycles. The summed E-state index contributed by atoms with van der Waals surface area (Å²) in [6.07, 6.45) is 2.14. The number of hydrogen-bond donors (Lipinski definition) is 1. The summed E-state index contributed by atoms with van der Waals surface area (Å²) < 4.78 is 5.42. The minimum absolute atomic E-state index is 0.0102. The molecule has 1 heterocycles. The smallest absolute Gasteiger partial charge is 0.305 e. The van der Waals surface area contributed by atoms with Gasteiger partial charge in [0, 0.05) is 19.7 Å². The molecule has 1 atom stereocenters. The maximum absolute atomic E-state index is 12.4. The van der Waals surface area contributed by atoms with E-state index >= 15 is 0 Å². The van der Waals surface area contributed by atoms with Gasteiger partial charge in [-0.25, -0.2) is 0 Å². The number of ether oxygens (including phenoxy) is 1. The van der Waals surface area contributed by atoms with Crippen LogP contribution in [-0.4, -0.2) is 72.2 Å². The summed E-state index contributed by atoms with van der Waals surface area (Å²) in [4.78, 5) is 27.1. The molecule has 0 aliphatic carbocycles. The van der Waals surface area contributed by atoms with E-state index in [1.165, 1.54) is 0 Å². The minimum atomic E-state index is -0.871. The van der Waals surface area contributed by atoms with Crippen molar-refractivity contribution in [2.45, 2.75) is 45.6 Å². The Hall–Kier alpha value is -1.14. The van der Waals surface area contributed by atoms with Gasteiger partial charge in [0.1, 0.15) is 6.10 Å². The van der Waals surface area contributed by atoms with Crippen molar-refractivity contribution in [1.29, 1.82) is 0 Å². The molecule has 6 heteroatoms. The second-order valence-electron chi connectivity index (χ2n) is 5.35. The number of hydrogen-bond acceptors (Lipinski definition) is 4. The van der Waals surface area contributed by atoms with Gasteiger partial charge in [0.25, 0.3) is 5.91 Å². The standard InChI is InChI=1S/C15H28N2O4/c1-3-16(4-2)9-6-10-17(11-8-14(18)19)15(20)13-7-5-12-21-13/h13H,3-12H2,1-2H3,(H,18,19). The fraction of sp³-hybridized carbons (Fsp3) is 0.867.